The van der Waals surface area contributed by atoms with Gasteiger partial charge in [0, 0.05) is 6.04 Å². The Morgan fingerprint density at radius 2 is 2.15 bits per heavy atom. The summed E-state index contributed by atoms with van der Waals surface area (Å²) < 4.78 is 1.90. The molecule has 0 radical (unpaired) electrons. The fourth-order valence-corrected chi connectivity index (χ4v) is 1.47. The van der Waals surface area contributed by atoms with Crippen molar-refractivity contribution in [1.29, 1.82) is 0 Å². The third-order valence-corrected chi connectivity index (χ3v) is 2.11. The zero-order valence-corrected chi connectivity index (χ0v) is 7.73. The van der Waals surface area contributed by atoms with Crippen molar-refractivity contribution in [2.45, 2.75) is 19.9 Å². The van der Waals surface area contributed by atoms with Gasteiger partial charge in [0.1, 0.15) is 5.75 Å². The Hall–Kier alpha value is -1.51. The molecule has 0 saturated carbocycles. The van der Waals surface area contributed by atoms with E-state index in [0.717, 1.165) is 10.9 Å². The molecule has 2 aromatic rings. The van der Waals surface area contributed by atoms with Crippen LogP contribution in [-0.4, -0.2) is 14.9 Å². The Bertz CT molecular complexity index is 431. The molecule has 0 spiro atoms. The van der Waals surface area contributed by atoms with Crippen LogP contribution in [0.5, 0.6) is 5.75 Å². The molecule has 1 aromatic heterocycles. The summed E-state index contributed by atoms with van der Waals surface area (Å²) in [6.07, 6.45) is 1.70. The summed E-state index contributed by atoms with van der Waals surface area (Å²) in [5, 5.41) is 14.5. The van der Waals surface area contributed by atoms with Gasteiger partial charge in [-0.2, -0.15) is 5.10 Å². The maximum absolute atomic E-state index is 9.51. The molecular weight excluding hydrogens is 164 g/mol. The van der Waals surface area contributed by atoms with E-state index in [-0.39, 0.29) is 0 Å². The fourth-order valence-electron chi connectivity index (χ4n) is 1.47. The normalized spacial score (nSPS) is 11.3. The SMILES string of the molecule is CC(C)n1ncc2c(O)cccc21. The molecule has 0 saturated heterocycles. The Morgan fingerprint density at radius 1 is 1.38 bits per heavy atom. The van der Waals surface area contributed by atoms with Gasteiger partial charge in [0.15, 0.2) is 0 Å². The maximum Gasteiger partial charge on any atom is 0.126 e. The fraction of sp³-hybridized carbons (Fsp3) is 0.300. The van der Waals surface area contributed by atoms with E-state index in [2.05, 4.69) is 18.9 Å². The molecular formula is C10H12N2O. The smallest absolute Gasteiger partial charge is 0.126 e. The number of phenolic OH excluding ortho intramolecular Hbond substituents is 1. The van der Waals surface area contributed by atoms with Gasteiger partial charge in [-0.1, -0.05) is 6.07 Å². The monoisotopic (exact) mass is 176 g/mol. The lowest BCUT2D eigenvalue weighted by molar-refractivity contribution is 0.481. The van der Waals surface area contributed by atoms with Gasteiger partial charge in [0.25, 0.3) is 0 Å². The highest BCUT2D eigenvalue weighted by molar-refractivity contribution is 5.84. The molecule has 0 bridgehead atoms. The molecule has 0 aliphatic heterocycles. The minimum Gasteiger partial charge on any atom is -0.507 e. The van der Waals surface area contributed by atoms with Crippen molar-refractivity contribution in [3.8, 4) is 5.75 Å². The van der Waals surface area contributed by atoms with Crippen LogP contribution < -0.4 is 0 Å². The molecule has 3 heteroatoms. The zero-order chi connectivity index (χ0) is 9.42. The average Bonchev–Trinajstić information content (AvgIpc) is 2.48. The number of benzene rings is 1. The molecule has 1 heterocycles. The lowest BCUT2D eigenvalue weighted by Crippen LogP contribution is -2.01. The number of hydrogen-bond acceptors (Lipinski definition) is 2. The molecule has 0 amide bonds. The van der Waals surface area contributed by atoms with Crippen LogP contribution in [-0.2, 0) is 0 Å². The molecule has 2 rings (SSSR count). The number of phenols is 1. The first kappa shape index (κ1) is 8.10. The van der Waals surface area contributed by atoms with E-state index in [0.29, 0.717) is 11.8 Å². The van der Waals surface area contributed by atoms with Gasteiger partial charge < -0.3 is 5.11 Å². The molecule has 1 aromatic carbocycles. The van der Waals surface area contributed by atoms with Gasteiger partial charge in [-0.15, -0.1) is 0 Å². The van der Waals surface area contributed by atoms with E-state index >= 15 is 0 Å². The van der Waals surface area contributed by atoms with Crippen molar-refractivity contribution < 1.29 is 5.11 Å². The Morgan fingerprint density at radius 3 is 2.85 bits per heavy atom. The van der Waals surface area contributed by atoms with Crippen molar-refractivity contribution in [3.63, 3.8) is 0 Å². The van der Waals surface area contributed by atoms with E-state index in [1.54, 1.807) is 12.3 Å². The van der Waals surface area contributed by atoms with Gasteiger partial charge in [-0.05, 0) is 26.0 Å². The van der Waals surface area contributed by atoms with Crippen LogP contribution in [0.3, 0.4) is 0 Å². The van der Waals surface area contributed by atoms with Gasteiger partial charge in [-0.25, -0.2) is 0 Å². The van der Waals surface area contributed by atoms with Crippen LogP contribution in [0.2, 0.25) is 0 Å². The number of hydrogen-bond donors (Lipinski definition) is 1. The summed E-state index contributed by atoms with van der Waals surface area (Å²) in [7, 11) is 0. The van der Waals surface area contributed by atoms with E-state index in [9.17, 15) is 5.11 Å². The van der Waals surface area contributed by atoms with E-state index < -0.39 is 0 Å². The van der Waals surface area contributed by atoms with Crippen molar-refractivity contribution in [2.75, 3.05) is 0 Å². The number of rotatable bonds is 1. The molecule has 0 fully saturated rings. The number of fused-ring (bicyclic) bond motifs is 1. The Labute approximate surface area is 76.6 Å². The highest BCUT2D eigenvalue weighted by Crippen LogP contribution is 2.25. The summed E-state index contributed by atoms with van der Waals surface area (Å²) in [6.45, 7) is 4.13. The highest BCUT2D eigenvalue weighted by atomic mass is 16.3. The largest absolute Gasteiger partial charge is 0.507 e. The van der Waals surface area contributed by atoms with E-state index in [1.165, 1.54) is 0 Å². The molecule has 0 aliphatic rings. The first-order valence-electron chi connectivity index (χ1n) is 4.35. The number of aromatic hydroxyl groups is 1. The molecule has 0 atom stereocenters. The molecule has 3 nitrogen and oxygen atoms in total. The summed E-state index contributed by atoms with van der Waals surface area (Å²) >= 11 is 0. The van der Waals surface area contributed by atoms with E-state index in [1.807, 2.05) is 16.8 Å². The molecule has 1 N–H and O–H groups in total. The van der Waals surface area contributed by atoms with Crippen LogP contribution >= 0.6 is 0 Å². The summed E-state index contributed by atoms with van der Waals surface area (Å²) in [4.78, 5) is 0. The number of nitrogens with zero attached hydrogens (tertiary/aromatic N) is 2. The van der Waals surface area contributed by atoms with Crippen LogP contribution in [0.25, 0.3) is 10.9 Å². The number of aromatic nitrogens is 2. The maximum atomic E-state index is 9.51. The second kappa shape index (κ2) is 2.76. The summed E-state index contributed by atoms with van der Waals surface area (Å²) in [6, 6.07) is 5.79. The van der Waals surface area contributed by atoms with Crippen LogP contribution in [0.1, 0.15) is 19.9 Å². The van der Waals surface area contributed by atoms with Crippen LogP contribution in [0.4, 0.5) is 0 Å². The van der Waals surface area contributed by atoms with Gasteiger partial charge in [0.2, 0.25) is 0 Å². The standard InChI is InChI=1S/C10H12N2O/c1-7(2)12-9-4-3-5-10(13)8(9)6-11-12/h3-7,13H,1-2H3. The average molecular weight is 176 g/mol. The summed E-state index contributed by atoms with van der Waals surface area (Å²) in [5.74, 6) is 0.296. The zero-order valence-electron chi connectivity index (χ0n) is 7.73. The van der Waals surface area contributed by atoms with Crippen molar-refractivity contribution in [3.05, 3.63) is 24.4 Å². The minimum absolute atomic E-state index is 0.296. The lowest BCUT2D eigenvalue weighted by atomic mass is 10.2. The van der Waals surface area contributed by atoms with Gasteiger partial charge in [-0.3, -0.25) is 4.68 Å². The molecule has 0 unspecified atom stereocenters. The van der Waals surface area contributed by atoms with Gasteiger partial charge in [0.05, 0.1) is 17.1 Å². The third-order valence-electron chi connectivity index (χ3n) is 2.11. The minimum atomic E-state index is 0.296. The Balaban J connectivity index is 2.75. The highest BCUT2D eigenvalue weighted by Gasteiger charge is 2.07. The first-order chi connectivity index (χ1) is 6.20. The predicted molar refractivity (Wildman–Crippen MR) is 51.8 cm³/mol. The lowest BCUT2D eigenvalue weighted by Gasteiger charge is -2.06. The summed E-state index contributed by atoms with van der Waals surface area (Å²) in [5.41, 5.74) is 0.981. The van der Waals surface area contributed by atoms with Crippen molar-refractivity contribution in [1.82, 2.24) is 9.78 Å². The second-order valence-electron chi connectivity index (χ2n) is 3.39. The predicted octanol–water partition coefficient (Wildman–Crippen LogP) is 2.32. The second-order valence-corrected chi connectivity index (χ2v) is 3.39. The molecule has 68 valence electrons. The first-order valence-corrected chi connectivity index (χ1v) is 4.35. The quantitative estimate of drug-likeness (QED) is 0.724. The van der Waals surface area contributed by atoms with Gasteiger partial charge >= 0.3 is 0 Å². The third kappa shape index (κ3) is 1.16. The Kier molecular flexibility index (Phi) is 1.72. The molecule has 0 aliphatic carbocycles. The van der Waals surface area contributed by atoms with Crippen LogP contribution in [0, 0.1) is 0 Å². The van der Waals surface area contributed by atoms with Crippen molar-refractivity contribution in [2.24, 2.45) is 0 Å². The topological polar surface area (TPSA) is 38.0 Å². The van der Waals surface area contributed by atoms with Crippen molar-refractivity contribution >= 4 is 10.9 Å². The van der Waals surface area contributed by atoms with Crippen LogP contribution in [0.15, 0.2) is 24.4 Å². The molecule has 13 heavy (non-hydrogen) atoms. The van der Waals surface area contributed by atoms with E-state index in [4.69, 9.17) is 0 Å².